The van der Waals surface area contributed by atoms with Crippen molar-refractivity contribution in [3.05, 3.63) is 41.8 Å². The van der Waals surface area contributed by atoms with E-state index in [2.05, 4.69) is 10.4 Å². The molecule has 2 aromatic heterocycles. The quantitative estimate of drug-likeness (QED) is 0.547. The molecule has 1 N–H and O–H groups in total. The Bertz CT molecular complexity index is 1050. The molecular weight excluding hydrogens is 386 g/mol. The second kappa shape index (κ2) is 9.02. The Kier molecular flexibility index (Phi) is 6.44. The van der Waals surface area contributed by atoms with Crippen LogP contribution in [0.5, 0.6) is 5.75 Å². The number of aromatic nitrogens is 2. The third-order valence-corrected chi connectivity index (χ3v) is 4.99. The molecule has 0 aliphatic carbocycles. The van der Waals surface area contributed by atoms with Crippen LogP contribution in [0.1, 0.15) is 56.3 Å². The number of benzene rings is 1. The van der Waals surface area contributed by atoms with Gasteiger partial charge in [0.25, 0.3) is 5.91 Å². The van der Waals surface area contributed by atoms with E-state index in [4.69, 9.17) is 13.9 Å². The summed E-state index contributed by atoms with van der Waals surface area (Å²) < 4.78 is 18.3. The van der Waals surface area contributed by atoms with Crippen LogP contribution >= 0.6 is 0 Å². The highest BCUT2D eigenvalue weighted by atomic mass is 16.6. The smallest absolute Gasteiger partial charge is 0.375 e. The van der Waals surface area contributed by atoms with Gasteiger partial charge in [-0.05, 0) is 52.3 Å². The van der Waals surface area contributed by atoms with Crippen LogP contribution in [-0.4, -0.2) is 34.4 Å². The minimum Gasteiger partial charge on any atom is -0.494 e. The van der Waals surface area contributed by atoms with Gasteiger partial charge in [0.15, 0.2) is 6.10 Å². The number of hydrogen-bond donors (Lipinski definition) is 1. The number of ether oxygens (including phenoxy) is 2. The topological polar surface area (TPSA) is 95.6 Å². The highest BCUT2D eigenvalue weighted by molar-refractivity contribution is 5.99. The first-order valence-corrected chi connectivity index (χ1v) is 10.1. The summed E-state index contributed by atoms with van der Waals surface area (Å²) in [6.07, 6.45) is 1.47. The molecule has 0 spiro atoms. The van der Waals surface area contributed by atoms with E-state index in [0.29, 0.717) is 29.3 Å². The number of rotatable bonds is 8. The molecule has 0 aliphatic heterocycles. The lowest BCUT2D eigenvalue weighted by Crippen LogP contribution is -2.31. The van der Waals surface area contributed by atoms with Crippen LogP contribution < -0.4 is 10.1 Å². The van der Waals surface area contributed by atoms with Crippen molar-refractivity contribution < 1.29 is 23.5 Å². The third-order valence-electron chi connectivity index (χ3n) is 4.99. The maximum absolute atomic E-state index is 12.6. The number of anilines is 1. The third kappa shape index (κ3) is 4.32. The van der Waals surface area contributed by atoms with Crippen LogP contribution in [0.2, 0.25) is 0 Å². The molecule has 0 radical (unpaired) electrons. The summed E-state index contributed by atoms with van der Waals surface area (Å²) in [5.74, 6) is 0.184. The Hall–Kier alpha value is -3.29. The van der Waals surface area contributed by atoms with E-state index >= 15 is 0 Å². The van der Waals surface area contributed by atoms with E-state index in [0.717, 1.165) is 11.8 Å². The molecular formula is C22H27N3O5. The van der Waals surface area contributed by atoms with Crippen LogP contribution in [0.15, 0.2) is 34.9 Å². The van der Waals surface area contributed by atoms with Gasteiger partial charge in [0.2, 0.25) is 5.76 Å². The predicted molar refractivity (Wildman–Crippen MR) is 113 cm³/mol. The molecule has 0 bridgehead atoms. The molecule has 0 saturated carbocycles. The average Bonchev–Trinajstić information content (AvgIpc) is 3.32. The van der Waals surface area contributed by atoms with Crippen LogP contribution in [0.4, 0.5) is 5.82 Å². The molecule has 3 aromatic rings. The van der Waals surface area contributed by atoms with E-state index in [-0.39, 0.29) is 11.8 Å². The zero-order valence-corrected chi connectivity index (χ0v) is 17.9. The van der Waals surface area contributed by atoms with Gasteiger partial charge in [-0.3, -0.25) is 4.79 Å². The molecule has 0 unspecified atom stereocenters. The van der Waals surface area contributed by atoms with E-state index in [1.807, 2.05) is 26.8 Å². The summed E-state index contributed by atoms with van der Waals surface area (Å²) >= 11 is 0. The molecule has 2 heterocycles. The van der Waals surface area contributed by atoms with Crippen molar-refractivity contribution in [3.63, 3.8) is 0 Å². The number of esters is 1. The summed E-state index contributed by atoms with van der Waals surface area (Å²) in [6.45, 7) is 9.77. The summed E-state index contributed by atoms with van der Waals surface area (Å²) in [7, 11) is 0. The maximum atomic E-state index is 12.6. The summed E-state index contributed by atoms with van der Waals surface area (Å²) in [6, 6.07) is 7.18. The number of hydrogen-bond acceptors (Lipinski definition) is 6. The number of nitrogens with zero attached hydrogens (tertiary/aromatic N) is 2. The van der Waals surface area contributed by atoms with Crippen molar-refractivity contribution in [2.75, 3.05) is 11.9 Å². The van der Waals surface area contributed by atoms with E-state index in [1.165, 1.54) is 6.92 Å². The van der Waals surface area contributed by atoms with Crippen molar-refractivity contribution in [2.45, 2.75) is 53.2 Å². The number of carbonyl (C=O) groups excluding carboxylic acids is 2. The lowest BCUT2D eigenvalue weighted by atomic mass is 10.1. The minimum atomic E-state index is -1.01. The van der Waals surface area contributed by atoms with Gasteiger partial charge < -0.3 is 19.2 Å². The van der Waals surface area contributed by atoms with E-state index < -0.39 is 18.0 Å². The highest BCUT2D eigenvalue weighted by Crippen LogP contribution is 2.29. The number of amides is 1. The van der Waals surface area contributed by atoms with Gasteiger partial charge >= 0.3 is 5.97 Å². The summed E-state index contributed by atoms with van der Waals surface area (Å²) in [5, 5.41) is 7.76. The maximum Gasteiger partial charge on any atom is 0.375 e. The fraction of sp³-hybridized carbons (Fsp3) is 0.409. The fourth-order valence-corrected chi connectivity index (χ4v) is 3.08. The van der Waals surface area contributed by atoms with Crippen LogP contribution in [-0.2, 0) is 9.53 Å². The Morgan fingerprint density at radius 3 is 2.70 bits per heavy atom. The first-order valence-electron chi connectivity index (χ1n) is 10.1. The van der Waals surface area contributed by atoms with Crippen LogP contribution in [0, 0.1) is 6.92 Å². The second-order valence-corrected chi connectivity index (χ2v) is 7.10. The summed E-state index contributed by atoms with van der Waals surface area (Å²) in [4.78, 5) is 25.2. The first-order chi connectivity index (χ1) is 14.3. The van der Waals surface area contributed by atoms with Gasteiger partial charge in [0.05, 0.1) is 18.8 Å². The van der Waals surface area contributed by atoms with Gasteiger partial charge in [-0.1, -0.05) is 6.92 Å². The van der Waals surface area contributed by atoms with Crippen molar-refractivity contribution in [1.29, 1.82) is 0 Å². The Morgan fingerprint density at radius 1 is 1.23 bits per heavy atom. The lowest BCUT2D eigenvalue weighted by molar-refractivity contribution is -0.123. The SMILES string of the molecule is CCOc1ccc2oc(C(=O)O[C@H](C)C(=O)Nc3ccnn3[C@@H](C)CC)c(C)c2c1. The standard InChI is InChI=1S/C22H27N3O5/c1-6-13(3)25-19(10-11-23-25)24-21(26)15(5)29-22(27)20-14(4)17-12-16(28-7-2)8-9-18(17)30-20/h8-13,15H,6-7H2,1-5H3,(H,24,26)/t13-,15+/m0/s1. The normalized spacial score (nSPS) is 13.1. The Labute approximate surface area is 175 Å². The highest BCUT2D eigenvalue weighted by Gasteiger charge is 2.25. The molecule has 1 aromatic carbocycles. The average molecular weight is 413 g/mol. The first kappa shape index (κ1) is 21.4. The molecule has 1 amide bonds. The van der Waals surface area contributed by atoms with Gasteiger partial charge in [0.1, 0.15) is 17.2 Å². The van der Waals surface area contributed by atoms with Gasteiger partial charge in [-0.25, -0.2) is 9.48 Å². The van der Waals surface area contributed by atoms with Crippen LogP contribution in [0.3, 0.4) is 0 Å². The molecule has 0 fully saturated rings. The van der Waals surface area contributed by atoms with E-state index in [1.54, 1.807) is 36.0 Å². The molecule has 3 rings (SSSR count). The van der Waals surface area contributed by atoms with Gasteiger partial charge in [-0.2, -0.15) is 5.10 Å². The minimum absolute atomic E-state index is 0.0722. The van der Waals surface area contributed by atoms with Gasteiger partial charge in [-0.15, -0.1) is 0 Å². The number of nitrogens with one attached hydrogen (secondary N) is 1. The monoisotopic (exact) mass is 413 g/mol. The molecule has 8 nitrogen and oxygen atoms in total. The molecule has 30 heavy (non-hydrogen) atoms. The van der Waals surface area contributed by atoms with Gasteiger partial charge in [0, 0.05) is 17.0 Å². The van der Waals surface area contributed by atoms with Crippen molar-refractivity contribution >= 4 is 28.7 Å². The van der Waals surface area contributed by atoms with E-state index in [9.17, 15) is 9.59 Å². The predicted octanol–water partition coefficient (Wildman–Crippen LogP) is 4.49. The Balaban J connectivity index is 1.71. The fourth-order valence-electron chi connectivity index (χ4n) is 3.08. The summed E-state index contributed by atoms with van der Waals surface area (Å²) in [5.41, 5.74) is 1.19. The Morgan fingerprint density at radius 2 is 2.00 bits per heavy atom. The van der Waals surface area contributed by atoms with Crippen molar-refractivity contribution in [1.82, 2.24) is 9.78 Å². The zero-order chi connectivity index (χ0) is 21.8. The molecule has 0 aliphatic rings. The largest absolute Gasteiger partial charge is 0.494 e. The molecule has 8 heteroatoms. The zero-order valence-electron chi connectivity index (χ0n) is 17.9. The molecule has 2 atom stereocenters. The molecule has 160 valence electrons. The second-order valence-electron chi connectivity index (χ2n) is 7.10. The van der Waals surface area contributed by atoms with Crippen molar-refractivity contribution in [3.8, 4) is 5.75 Å². The lowest BCUT2D eigenvalue weighted by Gasteiger charge is -2.16. The number of aryl methyl sites for hydroxylation is 1. The van der Waals surface area contributed by atoms with Crippen molar-refractivity contribution in [2.24, 2.45) is 0 Å². The molecule has 0 saturated heterocycles. The van der Waals surface area contributed by atoms with Crippen LogP contribution in [0.25, 0.3) is 11.0 Å². The number of furan rings is 1. The number of fused-ring (bicyclic) bond motifs is 1. The number of carbonyl (C=O) groups is 2.